The van der Waals surface area contributed by atoms with Crippen LogP contribution in [0.25, 0.3) is 10.9 Å². The summed E-state index contributed by atoms with van der Waals surface area (Å²) in [4.78, 5) is 7.13. The van der Waals surface area contributed by atoms with Crippen LogP contribution < -0.4 is 10.6 Å². The number of nitrogens with zero attached hydrogens (tertiary/aromatic N) is 2. The van der Waals surface area contributed by atoms with Crippen molar-refractivity contribution >= 4 is 16.6 Å². The van der Waals surface area contributed by atoms with Gasteiger partial charge in [-0.3, -0.25) is 4.98 Å². The number of para-hydroxylation sites is 1. The molecule has 3 heteroatoms. The maximum absolute atomic E-state index is 5.83. The monoisotopic (exact) mass is 285 g/mol. The average Bonchev–Trinajstić information content (AvgIpc) is 2.44. The minimum absolute atomic E-state index is 0.481. The highest BCUT2D eigenvalue weighted by atomic mass is 15.1. The van der Waals surface area contributed by atoms with Crippen LogP contribution in [-0.4, -0.2) is 18.1 Å². The third-order valence-electron chi connectivity index (χ3n) is 3.47. The summed E-state index contributed by atoms with van der Waals surface area (Å²) in [6, 6.07) is 10.5. The summed E-state index contributed by atoms with van der Waals surface area (Å²) in [5.74, 6) is 1.24. The van der Waals surface area contributed by atoms with Gasteiger partial charge in [-0.2, -0.15) is 0 Å². The van der Waals surface area contributed by atoms with Gasteiger partial charge in [-0.25, -0.2) is 0 Å². The molecule has 1 heterocycles. The molecule has 0 unspecified atom stereocenters. The molecule has 0 spiro atoms. The number of hydrogen-bond donors (Lipinski definition) is 1. The first-order valence-electron chi connectivity index (χ1n) is 7.85. The van der Waals surface area contributed by atoms with Crippen molar-refractivity contribution in [2.45, 2.75) is 34.2 Å². The fourth-order valence-electron chi connectivity index (χ4n) is 2.73. The fraction of sp³-hybridized carbons (Fsp3) is 0.500. The van der Waals surface area contributed by atoms with Crippen LogP contribution in [0.15, 0.2) is 30.3 Å². The van der Waals surface area contributed by atoms with E-state index < -0.39 is 0 Å². The SMILES string of the molecule is CC(C)CN(CC(C)C)c1cc(CN)nc2ccccc12. The molecule has 2 rings (SSSR count). The molecule has 0 atom stereocenters. The van der Waals surface area contributed by atoms with Crippen molar-refractivity contribution in [2.75, 3.05) is 18.0 Å². The first kappa shape index (κ1) is 15.8. The molecule has 21 heavy (non-hydrogen) atoms. The third kappa shape index (κ3) is 3.94. The van der Waals surface area contributed by atoms with E-state index in [9.17, 15) is 0 Å². The van der Waals surface area contributed by atoms with Gasteiger partial charge in [-0.1, -0.05) is 45.9 Å². The molecule has 2 aromatic rings. The maximum atomic E-state index is 5.83. The Labute approximate surface area is 128 Å². The molecule has 0 amide bonds. The minimum Gasteiger partial charge on any atom is -0.370 e. The van der Waals surface area contributed by atoms with E-state index in [-0.39, 0.29) is 0 Å². The van der Waals surface area contributed by atoms with E-state index in [0.717, 1.165) is 24.3 Å². The highest BCUT2D eigenvalue weighted by molar-refractivity contribution is 5.92. The van der Waals surface area contributed by atoms with Crippen molar-refractivity contribution in [1.29, 1.82) is 0 Å². The second kappa shape index (κ2) is 6.90. The van der Waals surface area contributed by atoms with Crippen molar-refractivity contribution in [2.24, 2.45) is 17.6 Å². The maximum Gasteiger partial charge on any atom is 0.0726 e. The highest BCUT2D eigenvalue weighted by Crippen LogP contribution is 2.28. The van der Waals surface area contributed by atoms with Crippen LogP contribution in [0.4, 0.5) is 5.69 Å². The van der Waals surface area contributed by atoms with E-state index in [2.05, 4.69) is 61.8 Å². The smallest absolute Gasteiger partial charge is 0.0726 e. The summed E-state index contributed by atoms with van der Waals surface area (Å²) in [5, 5.41) is 1.22. The molecule has 0 fully saturated rings. The lowest BCUT2D eigenvalue weighted by Crippen LogP contribution is -2.31. The van der Waals surface area contributed by atoms with Gasteiger partial charge in [0.05, 0.1) is 11.2 Å². The lowest BCUT2D eigenvalue weighted by molar-refractivity contribution is 0.553. The Bertz CT molecular complexity index is 580. The Balaban J connectivity index is 2.53. The van der Waals surface area contributed by atoms with Crippen molar-refractivity contribution in [3.63, 3.8) is 0 Å². The predicted molar refractivity (Wildman–Crippen MR) is 91.5 cm³/mol. The number of anilines is 1. The zero-order valence-electron chi connectivity index (χ0n) is 13.6. The van der Waals surface area contributed by atoms with Crippen molar-refractivity contribution in [3.05, 3.63) is 36.0 Å². The van der Waals surface area contributed by atoms with Crippen LogP contribution in [0.3, 0.4) is 0 Å². The first-order valence-corrected chi connectivity index (χ1v) is 7.85. The topological polar surface area (TPSA) is 42.1 Å². The lowest BCUT2D eigenvalue weighted by atomic mass is 10.1. The molecule has 3 nitrogen and oxygen atoms in total. The minimum atomic E-state index is 0.481. The Kier molecular flexibility index (Phi) is 5.18. The van der Waals surface area contributed by atoms with E-state index in [1.807, 2.05) is 6.07 Å². The highest BCUT2D eigenvalue weighted by Gasteiger charge is 2.15. The normalized spacial score (nSPS) is 11.6. The molecular formula is C18H27N3. The summed E-state index contributed by atoms with van der Waals surface area (Å²) in [7, 11) is 0. The molecule has 1 aromatic carbocycles. The van der Waals surface area contributed by atoms with Gasteiger partial charge in [-0.15, -0.1) is 0 Å². The van der Waals surface area contributed by atoms with Gasteiger partial charge in [-0.05, 0) is 24.0 Å². The summed E-state index contributed by atoms with van der Waals surface area (Å²) in [6.07, 6.45) is 0. The second-order valence-corrected chi connectivity index (χ2v) is 6.55. The number of nitrogens with two attached hydrogens (primary N) is 1. The van der Waals surface area contributed by atoms with Gasteiger partial charge < -0.3 is 10.6 Å². The number of hydrogen-bond acceptors (Lipinski definition) is 3. The zero-order chi connectivity index (χ0) is 15.4. The van der Waals surface area contributed by atoms with Gasteiger partial charge in [0.15, 0.2) is 0 Å². The standard InChI is InChI=1S/C18H27N3/c1-13(2)11-21(12-14(3)4)18-9-15(10-19)20-17-8-6-5-7-16(17)18/h5-9,13-14H,10-12,19H2,1-4H3. The number of benzene rings is 1. The molecular weight excluding hydrogens is 258 g/mol. The predicted octanol–water partition coefficient (Wildman–Crippen LogP) is 3.81. The molecule has 0 aliphatic heterocycles. The van der Waals surface area contributed by atoms with Gasteiger partial charge in [0.1, 0.15) is 0 Å². The molecule has 0 bridgehead atoms. The third-order valence-corrected chi connectivity index (χ3v) is 3.47. The zero-order valence-corrected chi connectivity index (χ0v) is 13.6. The Morgan fingerprint density at radius 3 is 2.24 bits per heavy atom. The summed E-state index contributed by atoms with van der Waals surface area (Å²) < 4.78 is 0. The molecule has 2 N–H and O–H groups in total. The van der Waals surface area contributed by atoms with E-state index >= 15 is 0 Å². The van der Waals surface area contributed by atoms with Crippen molar-refractivity contribution < 1.29 is 0 Å². The average molecular weight is 285 g/mol. The first-order chi connectivity index (χ1) is 10.0. The number of rotatable bonds is 6. The molecule has 0 saturated carbocycles. The molecule has 114 valence electrons. The van der Waals surface area contributed by atoms with Crippen molar-refractivity contribution in [3.8, 4) is 0 Å². The summed E-state index contributed by atoms with van der Waals surface area (Å²) >= 11 is 0. The van der Waals surface area contributed by atoms with Crippen LogP contribution >= 0.6 is 0 Å². The molecule has 0 radical (unpaired) electrons. The van der Waals surface area contributed by atoms with E-state index in [1.54, 1.807) is 0 Å². The van der Waals surface area contributed by atoms with Gasteiger partial charge in [0, 0.05) is 30.7 Å². The Morgan fingerprint density at radius 2 is 1.67 bits per heavy atom. The van der Waals surface area contributed by atoms with Gasteiger partial charge in [0.2, 0.25) is 0 Å². The largest absolute Gasteiger partial charge is 0.370 e. The molecule has 1 aromatic heterocycles. The molecule has 0 saturated heterocycles. The van der Waals surface area contributed by atoms with Gasteiger partial charge in [0.25, 0.3) is 0 Å². The molecule has 0 aliphatic rings. The van der Waals surface area contributed by atoms with Gasteiger partial charge >= 0.3 is 0 Å². The van der Waals surface area contributed by atoms with Crippen LogP contribution in [0.5, 0.6) is 0 Å². The van der Waals surface area contributed by atoms with Crippen LogP contribution in [0, 0.1) is 11.8 Å². The Morgan fingerprint density at radius 1 is 1.05 bits per heavy atom. The fourth-order valence-corrected chi connectivity index (χ4v) is 2.73. The number of fused-ring (bicyclic) bond motifs is 1. The van der Waals surface area contributed by atoms with E-state index in [0.29, 0.717) is 18.4 Å². The van der Waals surface area contributed by atoms with Crippen LogP contribution in [-0.2, 0) is 6.54 Å². The van der Waals surface area contributed by atoms with Crippen LogP contribution in [0.2, 0.25) is 0 Å². The second-order valence-electron chi connectivity index (χ2n) is 6.55. The lowest BCUT2D eigenvalue weighted by Gasteiger charge is -2.30. The quantitative estimate of drug-likeness (QED) is 0.877. The van der Waals surface area contributed by atoms with E-state index in [1.165, 1.54) is 11.1 Å². The summed E-state index contributed by atoms with van der Waals surface area (Å²) in [6.45, 7) is 11.6. The Hall–Kier alpha value is -1.61. The van der Waals surface area contributed by atoms with Crippen LogP contribution in [0.1, 0.15) is 33.4 Å². The van der Waals surface area contributed by atoms with E-state index in [4.69, 9.17) is 5.73 Å². The molecule has 0 aliphatic carbocycles. The summed E-state index contributed by atoms with van der Waals surface area (Å²) in [5.41, 5.74) is 9.09. The van der Waals surface area contributed by atoms with Crippen molar-refractivity contribution in [1.82, 2.24) is 4.98 Å². The number of aromatic nitrogens is 1. The number of pyridine rings is 1.